The molecule has 0 radical (unpaired) electrons. The molecule has 0 amide bonds. The van der Waals surface area contributed by atoms with Crippen molar-refractivity contribution in [1.82, 2.24) is 5.32 Å². The number of hydrogen-bond donors (Lipinski definition) is 2. The SMILES string of the molecule is CN(C1=NCCN1)c1cccc(C(=O)O)c1. The summed E-state index contributed by atoms with van der Waals surface area (Å²) >= 11 is 0. The Hall–Kier alpha value is -2.04. The van der Waals surface area contributed by atoms with E-state index in [1.54, 1.807) is 18.2 Å². The number of guanidine groups is 1. The molecular formula is C11H13N3O2. The monoisotopic (exact) mass is 219 g/mol. The highest BCUT2D eigenvalue weighted by Crippen LogP contribution is 2.15. The predicted octanol–water partition coefficient (Wildman–Crippen LogP) is 0.780. The van der Waals surface area contributed by atoms with Gasteiger partial charge in [-0.1, -0.05) is 6.07 Å². The molecule has 0 spiro atoms. The van der Waals surface area contributed by atoms with Crippen molar-refractivity contribution in [2.45, 2.75) is 0 Å². The van der Waals surface area contributed by atoms with Gasteiger partial charge in [0.1, 0.15) is 0 Å². The Morgan fingerprint density at radius 1 is 1.56 bits per heavy atom. The second-order valence-corrected chi connectivity index (χ2v) is 3.55. The Labute approximate surface area is 93.4 Å². The zero-order valence-electron chi connectivity index (χ0n) is 8.97. The van der Waals surface area contributed by atoms with E-state index in [1.807, 2.05) is 18.0 Å². The molecule has 0 atom stereocenters. The van der Waals surface area contributed by atoms with E-state index < -0.39 is 5.97 Å². The van der Waals surface area contributed by atoms with Gasteiger partial charge in [-0.05, 0) is 18.2 Å². The van der Waals surface area contributed by atoms with Gasteiger partial charge in [-0.25, -0.2) is 4.79 Å². The number of benzene rings is 1. The number of aromatic carboxylic acids is 1. The normalized spacial score (nSPS) is 14.2. The summed E-state index contributed by atoms with van der Waals surface area (Å²) in [6.07, 6.45) is 0. The minimum absolute atomic E-state index is 0.281. The van der Waals surface area contributed by atoms with E-state index in [9.17, 15) is 4.79 Å². The van der Waals surface area contributed by atoms with Crippen LogP contribution < -0.4 is 10.2 Å². The van der Waals surface area contributed by atoms with Crippen molar-refractivity contribution in [3.8, 4) is 0 Å². The first-order valence-corrected chi connectivity index (χ1v) is 5.04. The van der Waals surface area contributed by atoms with E-state index in [-0.39, 0.29) is 5.56 Å². The second kappa shape index (κ2) is 4.22. The van der Waals surface area contributed by atoms with Crippen LogP contribution in [0.25, 0.3) is 0 Å². The number of hydrogen-bond acceptors (Lipinski definition) is 4. The summed E-state index contributed by atoms with van der Waals surface area (Å²) in [5.74, 6) is -0.140. The van der Waals surface area contributed by atoms with Crippen LogP contribution in [0.4, 0.5) is 5.69 Å². The third-order valence-corrected chi connectivity index (χ3v) is 2.45. The Morgan fingerprint density at radius 3 is 3.00 bits per heavy atom. The summed E-state index contributed by atoms with van der Waals surface area (Å²) in [5, 5.41) is 12.0. The molecule has 5 heteroatoms. The third kappa shape index (κ3) is 1.98. The Balaban J connectivity index is 2.26. The number of anilines is 1. The average Bonchev–Trinajstić information content (AvgIpc) is 2.81. The molecule has 0 saturated carbocycles. The maximum absolute atomic E-state index is 10.8. The van der Waals surface area contributed by atoms with Crippen LogP contribution in [0, 0.1) is 0 Å². The summed E-state index contributed by atoms with van der Waals surface area (Å²) in [6.45, 7) is 1.59. The smallest absolute Gasteiger partial charge is 0.335 e. The molecule has 0 fully saturated rings. The molecule has 1 aromatic rings. The molecule has 1 aliphatic heterocycles. The van der Waals surface area contributed by atoms with Crippen LogP contribution in [-0.4, -0.2) is 37.2 Å². The molecule has 0 saturated heterocycles. The predicted molar refractivity (Wildman–Crippen MR) is 62.1 cm³/mol. The lowest BCUT2D eigenvalue weighted by Gasteiger charge is -2.19. The Bertz CT molecular complexity index is 443. The van der Waals surface area contributed by atoms with Crippen LogP contribution >= 0.6 is 0 Å². The van der Waals surface area contributed by atoms with Crippen molar-refractivity contribution < 1.29 is 9.90 Å². The summed E-state index contributed by atoms with van der Waals surface area (Å²) in [6, 6.07) is 6.79. The minimum atomic E-state index is -0.920. The first kappa shape index (κ1) is 10.5. The van der Waals surface area contributed by atoms with Crippen molar-refractivity contribution in [1.29, 1.82) is 0 Å². The summed E-state index contributed by atoms with van der Waals surface area (Å²) in [4.78, 5) is 16.9. The van der Waals surface area contributed by atoms with Crippen molar-refractivity contribution in [2.75, 3.05) is 25.0 Å². The van der Waals surface area contributed by atoms with Gasteiger partial charge in [-0.2, -0.15) is 0 Å². The van der Waals surface area contributed by atoms with Crippen LogP contribution in [0.15, 0.2) is 29.3 Å². The van der Waals surface area contributed by atoms with E-state index in [4.69, 9.17) is 5.11 Å². The van der Waals surface area contributed by atoms with E-state index in [0.29, 0.717) is 0 Å². The fourth-order valence-corrected chi connectivity index (χ4v) is 1.58. The van der Waals surface area contributed by atoms with E-state index in [2.05, 4.69) is 10.3 Å². The molecule has 2 rings (SSSR count). The highest BCUT2D eigenvalue weighted by atomic mass is 16.4. The van der Waals surface area contributed by atoms with Crippen molar-refractivity contribution >= 4 is 17.6 Å². The van der Waals surface area contributed by atoms with E-state index in [1.165, 1.54) is 0 Å². The van der Waals surface area contributed by atoms with Gasteiger partial charge in [0.25, 0.3) is 0 Å². The molecule has 5 nitrogen and oxygen atoms in total. The van der Waals surface area contributed by atoms with Gasteiger partial charge in [-0.3, -0.25) is 4.99 Å². The van der Waals surface area contributed by atoms with Gasteiger partial charge in [0.2, 0.25) is 0 Å². The largest absolute Gasteiger partial charge is 0.478 e. The number of nitrogens with one attached hydrogen (secondary N) is 1. The van der Waals surface area contributed by atoms with Crippen molar-refractivity contribution in [3.05, 3.63) is 29.8 Å². The fourth-order valence-electron chi connectivity index (χ4n) is 1.58. The molecule has 1 heterocycles. The van der Waals surface area contributed by atoms with Gasteiger partial charge in [0.05, 0.1) is 12.1 Å². The standard InChI is InChI=1S/C11H13N3O2/c1-14(11-12-5-6-13-11)9-4-2-3-8(7-9)10(15)16/h2-4,7H,5-6H2,1H3,(H,12,13)(H,15,16). The van der Waals surface area contributed by atoms with Gasteiger partial charge in [-0.15, -0.1) is 0 Å². The number of aliphatic imine (C=N–C) groups is 1. The summed E-state index contributed by atoms with van der Waals surface area (Å²) < 4.78 is 0. The molecule has 1 aliphatic rings. The lowest BCUT2D eigenvalue weighted by molar-refractivity contribution is 0.0697. The van der Waals surface area contributed by atoms with Crippen LogP contribution in [-0.2, 0) is 0 Å². The molecule has 16 heavy (non-hydrogen) atoms. The maximum Gasteiger partial charge on any atom is 0.335 e. The molecule has 0 aliphatic carbocycles. The Kier molecular flexibility index (Phi) is 2.76. The maximum atomic E-state index is 10.8. The Morgan fingerprint density at radius 2 is 2.38 bits per heavy atom. The fraction of sp³-hybridized carbons (Fsp3) is 0.273. The highest BCUT2D eigenvalue weighted by molar-refractivity contribution is 5.98. The molecule has 1 aromatic carbocycles. The quantitative estimate of drug-likeness (QED) is 0.771. The van der Waals surface area contributed by atoms with Gasteiger partial charge >= 0.3 is 5.97 Å². The van der Waals surface area contributed by atoms with Crippen molar-refractivity contribution in [3.63, 3.8) is 0 Å². The van der Waals surface area contributed by atoms with Gasteiger partial charge in [0, 0.05) is 19.3 Å². The van der Waals surface area contributed by atoms with Gasteiger partial charge in [0.15, 0.2) is 5.96 Å². The van der Waals surface area contributed by atoms with Crippen molar-refractivity contribution in [2.24, 2.45) is 4.99 Å². The lowest BCUT2D eigenvalue weighted by atomic mass is 10.2. The third-order valence-electron chi connectivity index (χ3n) is 2.45. The van der Waals surface area contributed by atoms with E-state index in [0.717, 1.165) is 24.7 Å². The topological polar surface area (TPSA) is 64.9 Å². The molecule has 2 N–H and O–H groups in total. The zero-order valence-corrected chi connectivity index (χ0v) is 8.97. The van der Waals surface area contributed by atoms with Crippen LogP contribution in [0.1, 0.15) is 10.4 Å². The van der Waals surface area contributed by atoms with E-state index >= 15 is 0 Å². The van der Waals surface area contributed by atoms with Crippen LogP contribution in [0.3, 0.4) is 0 Å². The highest BCUT2D eigenvalue weighted by Gasteiger charge is 2.13. The number of carboxylic acids is 1. The van der Waals surface area contributed by atoms with Crippen LogP contribution in [0.5, 0.6) is 0 Å². The molecule has 0 aromatic heterocycles. The number of carbonyl (C=O) groups is 1. The number of carboxylic acid groups (broad SMARTS) is 1. The first-order valence-electron chi connectivity index (χ1n) is 5.04. The molecule has 84 valence electrons. The lowest BCUT2D eigenvalue weighted by Crippen LogP contribution is -2.35. The molecule has 0 bridgehead atoms. The minimum Gasteiger partial charge on any atom is -0.478 e. The first-order chi connectivity index (χ1) is 7.68. The summed E-state index contributed by atoms with van der Waals surface area (Å²) in [7, 11) is 1.86. The molecular weight excluding hydrogens is 206 g/mol. The number of nitrogens with zero attached hydrogens (tertiary/aromatic N) is 2. The molecule has 0 unspecified atom stereocenters. The van der Waals surface area contributed by atoms with Gasteiger partial charge < -0.3 is 15.3 Å². The summed E-state index contributed by atoms with van der Waals surface area (Å²) in [5.41, 5.74) is 1.09. The second-order valence-electron chi connectivity index (χ2n) is 3.55. The number of rotatable bonds is 2. The average molecular weight is 219 g/mol. The van der Waals surface area contributed by atoms with Crippen LogP contribution in [0.2, 0.25) is 0 Å². The zero-order chi connectivity index (χ0) is 11.5.